The Morgan fingerprint density at radius 3 is 2.89 bits per heavy atom. The van der Waals surface area contributed by atoms with E-state index in [4.69, 9.17) is 5.11 Å². The van der Waals surface area contributed by atoms with Crippen molar-refractivity contribution in [3.63, 3.8) is 0 Å². The molecule has 2 aromatic rings. The number of carbonyl (C=O) groups is 1. The summed E-state index contributed by atoms with van der Waals surface area (Å²) in [6.07, 6.45) is 2.59. The molecule has 0 aliphatic carbocycles. The summed E-state index contributed by atoms with van der Waals surface area (Å²) >= 11 is 0. The lowest BCUT2D eigenvalue weighted by atomic mass is 10.1. The highest BCUT2D eigenvalue weighted by molar-refractivity contribution is 5.86. The molecule has 1 aromatic carbocycles. The highest BCUT2D eigenvalue weighted by Gasteiger charge is 2.04. The molecule has 4 heteroatoms. The van der Waals surface area contributed by atoms with Crippen LogP contribution in [0.15, 0.2) is 48.7 Å². The molecular weight excluding hydrogens is 240 g/mol. The van der Waals surface area contributed by atoms with Crippen molar-refractivity contribution in [2.75, 3.05) is 13.1 Å². The second kappa shape index (κ2) is 6.11. The average molecular weight is 256 g/mol. The van der Waals surface area contributed by atoms with Crippen molar-refractivity contribution in [1.29, 1.82) is 0 Å². The largest absolute Gasteiger partial charge is 0.478 e. The fourth-order valence-corrected chi connectivity index (χ4v) is 1.91. The van der Waals surface area contributed by atoms with Gasteiger partial charge in [-0.25, -0.2) is 4.79 Å². The Morgan fingerprint density at radius 1 is 1.32 bits per heavy atom. The maximum absolute atomic E-state index is 10.6. The van der Waals surface area contributed by atoms with Gasteiger partial charge in [0.05, 0.1) is 5.52 Å². The Labute approximate surface area is 111 Å². The average Bonchev–Trinajstić information content (AvgIpc) is 2.43. The molecule has 0 atom stereocenters. The summed E-state index contributed by atoms with van der Waals surface area (Å²) in [6.45, 7) is 4.47. The molecule has 0 aliphatic rings. The van der Waals surface area contributed by atoms with Crippen LogP contribution in [0.25, 0.3) is 10.9 Å². The van der Waals surface area contributed by atoms with E-state index in [9.17, 15) is 4.79 Å². The van der Waals surface area contributed by atoms with Gasteiger partial charge in [0.2, 0.25) is 0 Å². The lowest BCUT2D eigenvalue weighted by Gasteiger charge is -2.07. The summed E-state index contributed by atoms with van der Waals surface area (Å²) in [4.78, 5) is 15.0. The second-order valence-electron chi connectivity index (χ2n) is 4.33. The van der Waals surface area contributed by atoms with Crippen LogP contribution in [0, 0.1) is 0 Å². The third kappa shape index (κ3) is 3.39. The van der Waals surface area contributed by atoms with Crippen molar-refractivity contribution in [2.45, 2.75) is 6.42 Å². The van der Waals surface area contributed by atoms with E-state index >= 15 is 0 Å². The first kappa shape index (κ1) is 13.2. The first-order valence-electron chi connectivity index (χ1n) is 6.13. The molecule has 0 spiro atoms. The van der Waals surface area contributed by atoms with Crippen molar-refractivity contribution in [2.24, 2.45) is 0 Å². The van der Waals surface area contributed by atoms with Gasteiger partial charge in [-0.1, -0.05) is 30.8 Å². The molecule has 0 radical (unpaired) electrons. The molecule has 0 unspecified atom stereocenters. The molecule has 1 aromatic heterocycles. The minimum atomic E-state index is -0.959. The number of nitrogens with zero attached hydrogens (tertiary/aromatic N) is 1. The summed E-state index contributed by atoms with van der Waals surface area (Å²) in [7, 11) is 0. The molecule has 0 amide bonds. The smallest absolute Gasteiger partial charge is 0.332 e. The van der Waals surface area contributed by atoms with Gasteiger partial charge in [0.25, 0.3) is 0 Å². The minimum Gasteiger partial charge on any atom is -0.478 e. The first-order valence-corrected chi connectivity index (χ1v) is 6.13. The Kier molecular flexibility index (Phi) is 4.26. The Hall–Kier alpha value is -2.20. The molecule has 0 saturated carbocycles. The van der Waals surface area contributed by atoms with Crippen LogP contribution in [0.5, 0.6) is 0 Å². The molecule has 19 heavy (non-hydrogen) atoms. The van der Waals surface area contributed by atoms with E-state index < -0.39 is 5.97 Å². The molecule has 0 saturated heterocycles. The highest BCUT2D eigenvalue weighted by Crippen LogP contribution is 2.15. The fourth-order valence-electron chi connectivity index (χ4n) is 1.91. The third-order valence-corrected chi connectivity index (χ3v) is 2.93. The number of benzene rings is 1. The predicted molar refractivity (Wildman–Crippen MR) is 75.1 cm³/mol. The Morgan fingerprint density at radius 2 is 2.11 bits per heavy atom. The lowest BCUT2D eigenvalue weighted by molar-refractivity contribution is -0.132. The number of aliphatic carboxylic acids is 1. The van der Waals surface area contributed by atoms with Gasteiger partial charge in [0.15, 0.2) is 0 Å². The third-order valence-electron chi connectivity index (χ3n) is 2.93. The van der Waals surface area contributed by atoms with E-state index in [-0.39, 0.29) is 5.57 Å². The number of rotatable bonds is 6. The normalized spacial score (nSPS) is 10.5. The zero-order valence-electron chi connectivity index (χ0n) is 10.6. The van der Waals surface area contributed by atoms with Gasteiger partial charge in [-0.15, -0.1) is 0 Å². The number of nitrogens with one attached hydrogen (secondary N) is 1. The molecule has 4 nitrogen and oxygen atoms in total. The molecule has 1 heterocycles. The van der Waals surface area contributed by atoms with E-state index in [1.54, 1.807) is 6.20 Å². The number of pyridine rings is 1. The van der Waals surface area contributed by atoms with Crippen molar-refractivity contribution in [3.05, 3.63) is 54.2 Å². The van der Waals surface area contributed by atoms with Crippen LogP contribution in [0.2, 0.25) is 0 Å². The van der Waals surface area contributed by atoms with E-state index in [2.05, 4.69) is 16.9 Å². The number of aromatic nitrogens is 1. The van der Waals surface area contributed by atoms with Crippen molar-refractivity contribution in [1.82, 2.24) is 10.3 Å². The van der Waals surface area contributed by atoms with Gasteiger partial charge >= 0.3 is 5.97 Å². The van der Waals surface area contributed by atoms with Crippen molar-refractivity contribution < 1.29 is 9.90 Å². The summed E-state index contributed by atoms with van der Waals surface area (Å²) in [5.41, 5.74) is 2.34. The summed E-state index contributed by atoms with van der Waals surface area (Å²) in [6, 6.07) is 10.0. The number of hydrogen-bond donors (Lipinski definition) is 2. The van der Waals surface area contributed by atoms with Gasteiger partial charge in [-0.3, -0.25) is 4.98 Å². The topological polar surface area (TPSA) is 62.2 Å². The Balaban J connectivity index is 1.95. The van der Waals surface area contributed by atoms with Gasteiger partial charge in [-0.2, -0.15) is 0 Å². The molecule has 0 aliphatic heterocycles. The summed E-state index contributed by atoms with van der Waals surface area (Å²) in [5.74, 6) is -0.959. The maximum atomic E-state index is 10.6. The van der Waals surface area contributed by atoms with Crippen LogP contribution in [-0.4, -0.2) is 29.1 Å². The van der Waals surface area contributed by atoms with Crippen LogP contribution in [-0.2, 0) is 11.2 Å². The van der Waals surface area contributed by atoms with E-state index in [0.717, 1.165) is 22.9 Å². The van der Waals surface area contributed by atoms with Crippen LogP contribution >= 0.6 is 0 Å². The lowest BCUT2D eigenvalue weighted by Crippen LogP contribution is -2.22. The maximum Gasteiger partial charge on any atom is 0.332 e. The molecule has 0 bridgehead atoms. The summed E-state index contributed by atoms with van der Waals surface area (Å²) < 4.78 is 0. The minimum absolute atomic E-state index is 0.177. The van der Waals surface area contributed by atoms with E-state index in [1.165, 1.54) is 0 Å². The van der Waals surface area contributed by atoms with Crippen LogP contribution in [0.3, 0.4) is 0 Å². The number of carboxylic acid groups (broad SMARTS) is 1. The fraction of sp³-hybridized carbons (Fsp3) is 0.200. The van der Waals surface area contributed by atoms with E-state index in [1.807, 2.05) is 30.3 Å². The molecular formula is C15H16N2O2. The number of hydrogen-bond acceptors (Lipinski definition) is 3. The quantitative estimate of drug-likeness (QED) is 0.613. The summed E-state index contributed by atoms with van der Waals surface area (Å²) in [5, 5.41) is 12.9. The van der Waals surface area contributed by atoms with Gasteiger partial charge in [-0.05, 0) is 24.6 Å². The number of para-hydroxylation sites is 1. The Bertz CT molecular complexity index is 603. The van der Waals surface area contributed by atoms with E-state index in [0.29, 0.717) is 13.1 Å². The molecule has 0 fully saturated rings. The highest BCUT2D eigenvalue weighted by atomic mass is 16.4. The molecule has 98 valence electrons. The standard InChI is InChI=1S/C15H16N2O2/c1-11(15(18)19)10-16-9-7-13-5-2-4-12-6-3-8-17-14(12)13/h2-6,8,16H,1,7,9-10H2,(H,18,19). The monoisotopic (exact) mass is 256 g/mol. The van der Waals surface area contributed by atoms with Crippen LogP contribution in [0.1, 0.15) is 5.56 Å². The van der Waals surface area contributed by atoms with Crippen molar-refractivity contribution in [3.8, 4) is 0 Å². The van der Waals surface area contributed by atoms with Gasteiger partial charge < -0.3 is 10.4 Å². The SMILES string of the molecule is C=C(CNCCc1cccc2cccnc12)C(=O)O. The van der Waals surface area contributed by atoms with Gasteiger partial charge in [0.1, 0.15) is 0 Å². The second-order valence-corrected chi connectivity index (χ2v) is 4.33. The van der Waals surface area contributed by atoms with Crippen molar-refractivity contribution >= 4 is 16.9 Å². The van der Waals surface area contributed by atoms with Crippen LogP contribution in [0.4, 0.5) is 0 Å². The predicted octanol–water partition coefficient (Wildman–Crippen LogP) is 2.01. The molecule has 2 N–H and O–H groups in total. The number of fused-ring (bicyclic) bond motifs is 1. The van der Waals surface area contributed by atoms with Gasteiger partial charge in [0, 0.05) is 23.7 Å². The first-order chi connectivity index (χ1) is 9.18. The van der Waals surface area contributed by atoms with Crippen LogP contribution < -0.4 is 5.32 Å². The molecule has 2 rings (SSSR count). The number of carboxylic acids is 1. The zero-order valence-corrected chi connectivity index (χ0v) is 10.6. The zero-order chi connectivity index (χ0) is 13.7.